The van der Waals surface area contributed by atoms with Gasteiger partial charge in [0.1, 0.15) is 0 Å². The molecule has 1 N–H and O–H groups in total. The first kappa shape index (κ1) is 16.6. The molecule has 0 aliphatic heterocycles. The third-order valence-electron chi connectivity index (χ3n) is 2.53. The van der Waals surface area contributed by atoms with Gasteiger partial charge in [-0.2, -0.15) is 0 Å². The van der Waals surface area contributed by atoms with Crippen LogP contribution in [0.5, 0.6) is 0 Å². The van der Waals surface area contributed by atoms with Gasteiger partial charge in [0, 0.05) is 6.61 Å². The first-order valence-electron chi connectivity index (χ1n) is 6.77. The molecule has 2 atom stereocenters. The van der Waals surface area contributed by atoms with Crippen LogP contribution in [0.25, 0.3) is 0 Å². The molecule has 0 bridgehead atoms. The summed E-state index contributed by atoms with van der Waals surface area (Å²) >= 11 is 0. The molecule has 0 heterocycles. The van der Waals surface area contributed by atoms with Crippen LogP contribution in [0.1, 0.15) is 52.9 Å². The van der Waals surface area contributed by atoms with Gasteiger partial charge in [-0.15, -0.1) is 0 Å². The zero-order valence-corrected chi connectivity index (χ0v) is 11.5. The van der Waals surface area contributed by atoms with E-state index in [1.807, 2.05) is 13.8 Å². The van der Waals surface area contributed by atoms with Gasteiger partial charge in [0.2, 0.25) is 0 Å². The smallest absolute Gasteiger partial charge is 0.155 e. The van der Waals surface area contributed by atoms with E-state index < -0.39 is 0 Å². The average Bonchev–Trinajstić information content (AvgIpc) is 2.32. The van der Waals surface area contributed by atoms with Crippen molar-refractivity contribution < 1.29 is 14.6 Å². The molecule has 3 nitrogen and oxygen atoms in total. The minimum absolute atomic E-state index is 0.0384. The van der Waals surface area contributed by atoms with Gasteiger partial charge in [-0.25, -0.2) is 0 Å². The third-order valence-corrected chi connectivity index (χ3v) is 2.53. The molecule has 0 spiro atoms. The van der Waals surface area contributed by atoms with Gasteiger partial charge in [-0.1, -0.05) is 31.9 Å². The first-order chi connectivity index (χ1) is 8.24. The fourth-order valence-corrected chi connectivity index (χ4v) is 1.60. The van der Waals surface area contributed by atoms with E-state index in [1.165, 1.54) is 19.3 Å². The van der Waals surface area contributed by atoms with Gasteiger partial charge in [-0.05, 0) is 33.1 Å². The van der Waals surface area contributed by atoms with E-state index in [2.05, 4.69) is 19.1 Å². The molecule has 0 saturated heterocycles. The second-order valence-electron chi connectivity index (χ2n) is 4.17. The lowest BCUT2D eigenvalue weighted by atomic mass is 10.2. The number of hydrogen-bond donors (Lipinski definition) is 1. The van der Waals surface area contributed by atoms with Crippen LogP contribution in [-0.2, 0) is 9.47 Å². The molecular weight excluding hydrogens is 216 g/mol. The molecule has 102 valence electrons. The Hall–Kier alpha value is -0.380. The number of rotatable bonds is 11. The van der Waals surface area contributed by atoms with Gasteiger partial charge >= 0.3 is 0 Å². The molecule has 0 rings (SSSR count). The molecule has 1 unspecified atom stereocenters. The van der Waals surface area contributed by atoms with Crippen molar-refractivity contribution >= 4 is 0 Å². The van der Waals surface area contributed by atoms with Crippen LogP contribution in [-0.4, -0.2) is 30.7 Å². The molecular formula is C14H28O3. The Morgan fingerprint density at radius 1 is 1.18 bits per heavy atom. The standard InChI is InChI=1S/C14H28O3/c1-4-6-7-8-9-10-11-14(12-15)17-13(3)16-5-2/h9-10,13-15H,4-8,11-12H2,1-3H3/b10-9-/t13?,14-/m0/s1. The van der Waals surface area contributed by atoms with E-state index in [-0.39, 0.29) is 19.0 Å². The monoisotopic (exact) mass is 244 g/mol. The topological polar surface area (TPSA) is 38.7 Å². The third kappa shape index (κ3) is 10.5. The highest BCUT2D eigenvalue weighted by Gasteiger charge is 2.10. The van der Waals surface area contributed by atoms with Gasteiger partial charge < -0.3 is 14.6 Å². The van der Waals surface area contributed by atoms with Crippen molar-refractivity contribution in [2.75, 3.05) is 13.2 Å². The second-order valence-corrected chi connectivity index (χ2v) is 4.17. The molecule has 0 aromatic rings. The van der Waals surface area contributed by atoms with E-state index in [9.17, 15) is 0 Å². The van der Waals surface area contributed by atoms with Crippen molar-refractivity contribution in [2.45, 2.75) is 65.3 Å². The molecule has 0 aliphatic carbocycles. The van der Waals surface area contributed by atoms with Crippen LogP contribution in [0.2, 0.25) is 0 Å². The molecule has 0 amide bonds. The minimum atomic E-state index is -0.245. The van der Waals surface area contributed by atoms with Crippen molar-refractivity contribution in [3.8, 4) is 0 Å². The molecule has 0 fully saturated rings. The quantitative estimate of drug-likeness (QED) is 0.344. The average molecular weight is 244 g/mol. The Bertz CT molecular complexity index is 180. The number of aliphatic hydroxyl groups excluding tert-OH is 1. The summed E-state index contributed by atoms with van der Waals surface area (Å²) in [5.74, 6) is 0. The van der Waals surface area contributed by atoms with Crippen molar-refractivity contribution in [3.63, 3.8) is 0 Å². The largest absolute Gasteiger partial charge is 0.394 e. The van der Waals surface area contributed by atoms with Gasteiger partial charge in [0.15, 0.2) is 6.29 Å². The van der Waals surface area contributed by atoms with E-state index in [1.54, 1.807) is 0 Å². The maximum Gasteiger partial charge on any atom is 0.155 e. The van der Waals surface area contributed by atoms with E-state index >= 15 is 0 Å². The Morgan fingerprint density at radius 2 is 1.94 bits per heavy atom. The van der Waals surface area contributed by atoms with Crippen LogP contribution in [0, 0.1) is 0 Å². The van der Waals surface area contributed by atoms with Gasteiger partial charge in [0.05, 0.1) is 12.7 Å². The SMILES string of the molecule is CCCCC/C=C\C[C@@H](CO)OC(C)OCC. The summed E-state index contributed by atoms with van der Waals surface area (Å²) in [6.45, 7) is 6.66. The summed E-state index contributed by atoms with van der Waals surface area (Å²) in [6.07, 6.45) is 9.51. The number of unbranched alkanes of at least 4 members (excludes halogenated alkanes) is 3. The molecule has 0 radical (unpaired) electrons. The maximum absolute atomic E-state index is 9.17. The predicted molar refractivity (Wildman–Crippen MR) is 70.9 cm³/mol. The molecule has 0 aliphatic rings. The van der Waals surface area contributed by atoms with Gasteiger partial charge in [0.25, 0.3) is 0 Å². The van der Waals surface area contributed by atoms with Gasteiger partial charge in [-0.3, -0.25) is 0 Å². The lowest BCUT2D eigenvalue weighted by Gasteiger charge is -2.19. The van der Waals surface area contributed by atoms with Crippen LogP contribution in [0.15, 0.2) is 12.2 Å². The Labute approximate surface area is 106 Å². The minimum Gasteiger partial charge on any atom is -0.394 e. The van der Waals surface area contributed by atoms with Crippen molar-refractivity contribution in [2.24, 2.45) is 0 Å². The maximum atomic E-state index is 9.17. The fraction of sp³-hybridized carbons (Fsp3) is 0.857. The van der Waals surface area contributed by atoms with E-state index in [0.29, 0.717) is 6.61 Å². The van der Waals surface area contributed by atoms with Crippen LogP contribution >= 0.6 is 0 Å². The lowest BCUT2D eigenvalue weighted by molar-refractivity contribution is -0.164. The summed E-state index contributed by atoms with van der Waals surface area (Å²) in [7, 11) is 0. The zero-order valence-electron chi connectivity index (χ0n) is 11.5. The molecule has 3 heteroatoms. The zero-order chi connectivity index (χ0) is 12.9. The highest BCUT2D eigenvalue weighted by Crippen LogP contribution is 2.06. The van der Waals surface area contributed by atoms with E-state index in [0.717, 1.165) is 12.8 Å². The van der Waals surface area contributed by atoms with Crippen molar-refractivity contribution in [1.82, 2.24) is 0 Å². The first-order valence-corrected chi connectivity index (χ1v) is 6.77. The summed E-state index contributed by atoms with van der Waals surface area (Å²) in [5.41, 5.74) is 0. The predicted octanol–water partition coefficient (Wildman–Crippen LogP) is 3.27. The normalized spacial score (nSPS) is 15.3. The second kappa shape index (κ2) is 12.1. The summed E-state index contributed by atoms with van der Waals surface area (Å²) in [5, 5.41) is 9.17. The Kier molecular flexibility index (Phi) is 11.8. The molecule has 0 aromatic heterocycles. The molecule has 0 saturated carbocycles. The van der Waals surface area contributed by atoms with Crippen molar-refractivity contribution in [1.29, 1.82) is 0 Å². The summed E-state index contributed by atoms with van der Waals surface area (Å²) in [6, 6.07) is 0. The number of hydrogen-bond acceptors (Lipinski definition) is 3. The summed E-state index contributed by atoms with van der Waals surface area (Å²) in [4.78, 5) is 0. The molecule has 17 heavy (non-hydrogen) atoms. The number of aliphatic hydroxyl groups is 1. The van der Waals surface area contributed by atoms with Crippen LogP contribution < -0.4 is 0 Å². The van der Waals surface area contributed by atoms with Crippen LogP contribution in [0.4, 0.5) is 0 Å². The highest BCUT2D eigenvalue weighted by molar-refractivity contribution is 4.84. The fourth-order valence-electron chi connectivity index (χ4n) is 1.60. The van der Waals surface area contributed by atoms with Crippen molar-refractivity contribution in [3.05, 3.63) is 12.2 Å². The molecule has 0 aromatic carbocycles. The van der Waals surface area contributed by atoms with Crippen LogP contribution in [0.3, 0.4) is 0 Å². The number of allylic oxidation sites excluding steroid dienone is 1. The lowest BCUT2D eigenvalue weighted by Crippen LogP contribution is -2.24. The Morgan fingerprint density at radius 3 is 2.53 bits per heavy atom. The number of ether oxygens (including phenoxy) is 2. The Balaban J connectivity index is 3.66. The van der Waals surface area contributed by atoms with E-state index in [4.69, 9.17) is 14.6 Å². The summed E-state index contributed by atoms with van der Waals surface area (Å²) < 4.78 is 10.8. The highest BCUT2D eigenvalue weighted by atomic mass is 16.7.